The number of hydrogen-bond acceptors (Lipinski definition) is 3. The second kappa shape index (κ2) is 4.41. The Hall–Kier alpha value is -1.74. The Kier molecular flexibility index (Phi) is 2.97. The molecule has 2 rings (SSSR count). The van der Waals surface area contributed by atoms with Crippen LogP contribution in [0.25, 0.3) is 0 Å². The lowest BCUT2D eigenvalue weighted by atomic mass is 10.1. The number of hydrogen-bond donors (Lipinski definition) is 1. The topological polar surface area (TPSA) is 36.6 Å². The number of aliphatic hydroxyl groups is 1. The van der Waals surface area contributed by atoms with E-state index >= 15 is 0 Å². The summed E-state index contributed by atoms with van der Waals surface area (Å²) in [5.74, 6) is 0.566. The highest BCUT2D eigenvalue weighted by Crippen LogP contribution is 2.25. The first-order valence-electron chi connectivity index (χ1n) is 5.17. The van der Waals surface area contributed by atoms with Crippen LogP contribution in [0, 0.1) is 0 Å². The first kappa shape index (κ1) is 10.8. The van der Waals surface area contributed by atoms with Crippen molar-refractivity contribution in [3.8, 4) is 0 Å². The van der Waals surface area contributed by atoms with Crippen LogP contribution in [-0.2, 0) is 0 Å². The molecule has 0 spiro atoms. The van der Waals surface area contributed by atoms with Crippen molar-refractivity contribution in [1.82, 2.24) is 0 Å². The van der Waals surface area contributed by atoms with Gasteiger partial charge in [0, 0.05) is 19.8 Å². The van der Waals surface area contributed by atoms with E-state index < -0.39 is 6.10 Å². The Balaban J connectivity index is 2.30. The molecule has 0 fully saturated rings. The van der Waals surface area contributed by atoms with Crippen LogP contribution < -0.4 is 4.90 Å². The lowest BCUT2D eigenvalue weighted by Gasteiger charge is -2.15. The summed E-state index contributed by atoms with van der Waals surface area (Å²) in [6, 6.07) is 11.3. The third-order valence-corrected chi connectivity index (χ3v) is 2.52. The zero-order valence-electron chi connectivity index (χ0n) is 9.42. The van der Waals surface area contributed by atoms with Gasteiger partial charge in [0.25, 0.3) is 0 Å². The molecule has 0 amide bonds. The summed E-state index contributed by atoms with van der Waals surface area (Å²) in [5.41, 5.74) is 1.89. The molecule has 1 heterocycles. The first-order valence-corrected chi connectivity index (χ1v) is 5.17. The van der Waals surface area contributed by atoms with Crippen molar-refractivity contribution in [3.63, 3.8) is 0 Å². The van der Waals surface area contributed by atoms with E-state index in [1.807, 2.05) is 43.3 Å². The number of nitrogens with zero attached hydrogens (tertiary/aromatic N) is 1. The summed E-state index contributed by atoms with van der Waals surface area (Å²) in [6.45, 7) is 0. The zero-order chi connectivity index (χ0) is 11.5. The molecule has 3 nitrogen and oxygen atoms in total. The molecule has 3 heteroatoms. The Morgan fingerprint density at radius 2 is 2.00 bits per heavy atom. The van der Waals surface area contributed by atoms with Gasteiger partial charge < -0.3 is 14.4 Å². The second-order valence-corrected chi connectivity index (χ2v) is 3.91. The molecule has 2 aromatic rings. The number of furan rings is 1. The van der Waals surface area contributed by atoms with Gasteiger partial charge in [-0.2, -0.15) is 0 Å². The summed E-state index contributed by atoms with van der Waals surface area (Å²) in [7, 11) is 3.94. The lowest BCUT2D eigenvalue weighted by Crippen LogP contribution is -2.09. The molecule has 0 aliphatic carbocycles. The Morgan fingerprint density at radius 3 is 2.62 bits per heavy atom. The van der Waals surface area contributed by atoms with Crippen LogP contribution in [0.5, 0.6) is 0 Å². The van der Waals surface area contributed by atoms with Crippen LogP contribution in [0.2, 0.25) is 0 Å². The molecular weight excluding hydrogens is 202 g/mol. The fourth-order valence-corrected chi connectivity index (χ4v) is 1.58. The van der Waals surface area contributed by atoms with Gasteiger partial charge in [-0.1, -0.05) is 12.1 Å². The standard InChI is InChI=1S/C13H15NO2/c1-14(2)11-6-3-5-10(9-11)13(15)12-7-4-8-16-12/h3-9,13,15H,1-2H3. The molecule has 1 aromatic heterocycles. The normalized spacial score (nSPS) is 12.4. The van der Waals surface area contributed by atoms with Gasteiger partial charge in [-0.25, -0.2) is 0 Å². The third-order valence-electron chi connectivity index (χ3n) is 2.52. The number of aliphatic hydroxyl groups excluding tert-OH is 1. The molecule has 16 heavy (non-hydrogen) atoms. The van der Waals surface area contributed by atoms with Crippen molar-refractivity contribution in [2.24, 2.45) is 0 Å². The van der Waals surface area contributed by atoms with Crippen LogP contribution in [0.1, 0.15) is 17.4 Å². The van der Waals surface area contributed by atoms with E-state index in [1.54, 1.807) is 18.4 Å². The van der Waals surface area contributed by atoms with E-state index in [2.05, 4.69) is 0 Å². The third kappa shape index (κ3) is 2.09. The molecule has 0 saturated heterocycles. The average molecular weight is 217 g/mol. The van der Waals surface area contributed by atoms with Crippen LogP contribution >= 0.6 is 0 Å². The minimum absolute atomic E-state index is 0.566. The molecule has 0 aliphatic rings. The molecule has 0 aliphatic heterocycles. The molecule has 0 bridgehead atoms. The van der Waals surface area contributed by atoms with Crippen molar-refractivity contribution in [2.75, 3.05) is 19.0 Å². The Labute approximate surface area is 94.9 Å². The van der Waals surface area contributed by atoms with Crippen molar-refractivity contribution in [2.45, 2.75) is 6.10 Å². The van der Waals surface area contributed by atoms with E-state index in [0.717, 1.165) is 11.3 Å². The number of rotatable bonds is 3. The van der Waals surface area contributed by atoms with Crippen molar-refractivity contribution < 1.29 is 9.52 Å². The van der Waals surface area contributed by atoms with Gasteiger partial charge in [0.1, 0.15) is 11.9 Å². The van der Waals surface area contributed by atoms with Gasteiger partial charge in [0.15, 0.2) is 0 Å². The maximum Gasteiger partial charge on any atom is 0.137 e. The quantitative estimate of drug-likeness (QED) is 0.857. The predicted octanol–water partition coefficient (Wildman–Crippen LogP) is 2.43. The highest BCUT2D eigenvalue weighted by atomic mass is 16.4. The molecule has 84 valence electrons. The highest BCUT2D eigenvalue weighted by Gasteiger charge is 2.13. The number of benzene rings is 1. The summed E-state index contributed by atoms with van der Waals surface area (Å²) in [6.07, 6.45) is 0.865. The predicted molar refractivity (Wildman–Crippen MR) is 63.5 cm³/mol. The molecule has 0 saturated carbocycles. The van der Waals surface area contributed by atoms with Gasteiger partial charge in [0.2, 0.25) is 0 Å². The zero-order valence-corrected chi connectivity index (χ0v) is 9.42. The summed E-state index contributed by atoms with van der Waals surface area (Å²) >= 11 is 0. The van der Waals surface area contributed by atoms with E-state index in [0.29, 0.717) is 5.76 Å². The lowest BCUT2D eigenvalue weighted by molar-refractivity contribution is 0.189. The van der Waals surface area contributed by atoms with E-state index in [9.17, 15) is 5.11 Å². The first-order chi connectivity index (χ1) is 7.68. The minimum Gasteiger partial charge on any atom is -0.466 e. The molecule has 1 aromatic carbocycles. The van der Waals surface area contributed by atoms with Crippen molar-refractivity contribution in [1.29, 1.82) is 0 Å². The van der Waals surface area contributed by atoms with Gasteiger partial charge >= 0.3 is 0 Å². The summed E-state index contributed by atoms with van der Waals surface area (Å²) in [5, 5.41) is 10.1. The number of anilines is 1. The summed E-state index contributed by atoms with van der Waals surface area (Å²) in [4.78, 5) is 2.00. The maximum atomic E-state index is 10.1. The Morgan fingerprint density at radius 1 is 1.19 bits per heavy atom. The SMILES string of the molecule is CN(C)c1cccc(C(O)c2ccco2)c1. The van der Waals surface area contributed by atoms with Crippen molar-refractivity contribution >= 4 is 5.69 Å². The van der Waals surface area contributed by atoms with E-state index in [-0.39, 0.29) is 0 Å². The highest BCUT2D eigenvalue weighted by molar-refractivity contribution is 5.48. The molecule has 1 unspecified atom stereocenters. The van der Waals surface area contributed by atoms with Gasteiger partial charge in [-0.05, 0) is 29.8 Å². The maximum absolute atomic E-state index is 10.1. The van der Waals surface area contributed by atoms with Crippen LogP contribution in [-0.4, -0.2) is 19.2 Å². The van der Waals surface area contributed by atoms with Gasteiger partial charge in [0.05, 0.1) is 6.26 Å². The molecule has 0 radical (unpaired) electrons. The van der Waals surface area contributed by atoms with Gasteiger partial charge in [-0.15, -0.1) is 0 Å². The average Bonchev–Trinajstić information content (AvgIpc) is 2.81. The van der Waals surface area contributed by atoms with E-state index in [1.165, 1.54) is 0 Å². The van der Waals surface area contributed by atoms with Crippen LogP contribution in [0.3, 0.4) is 0 Å². The fraction of sp³-hybridized carbons (Fsp3) is 0.231. The minimum atomic E-state index is -0.699. The second-order valence-electron chi connectivity index (χ2n) is 3.91. The molecule has 1 N–H and O–H groups in total. The van der Waals surface area contributed by atoms with E-state index in [4.69, 9.17) is 4.42 Å². The van der Waals surface area contributed by atoms with Crippen LogP contribution in [0.15, 0.2) is 47.1 Å². The molecule has 1 atom stereocenters. The fourth-order valence-electron chi connectivity index (χ4n) is 1.58. The van der Waals surface area contributed by atoms with Crippen LogP contribution in [0.4, 0.5) is 5.69 Å². The summed E-state index contributed by atoms with van der Waals surface area (Å²) < 4.78 is 5.19. The molecular formula is C13H15NO2. The smallest absolute Gasteiger partial charge is 0.137 e. The van der Waals surface area contributed by atoms with Gasteiger partial charge in [-0.3, -0.25) is 0 Å². The van der Waals surface area contributed by atoms with Crippen molar-refractivity contribution in [3.05, 3.63) is 54.0 Å². The Bertz CT molecular complexity index is 449. The largest absolute Gasteiger partial charge is 0.466 e. The monoisotopic (exact) mass is 217 g/mol.